The van der Waals surface area contributed by atoms with Gasteiger partial charge in [-0.3, -0.25) is 0 Å². The summed E-state index contributed by atoms with van der Waals surface area (Å²) >= 11 is 25.4. The normalized spacial score (nSPS) is 10.9. The van der Waals surface area contributed by atoms with Crippen LogP contribution in [0.5, 0.6) is 11.5 Å². The summed E-state index contributed by atoms with van der Waals surface area (Å²) in [7, 11) is 5.71. The topological polar surface area (TPSA) is 18.5 Å². The first-order valence-corrected chi connectivity index (χ1v) is 10.6. The molecule has 0 saturated heterocycles. The van der Waals surface area contributed by atoms with E-state index in [0.717, 1.165) is 0 Å². The smallest absolute Gasteiger partial charge is 0.597 e. The molecule has 0 aliphatic carbocycles. The molecule has 0 unspecified atom stereocenters. The van der Waals surface area contributed by atoms with E-state index >= 15 is 0 Å². The van der Waals surface area contributed by atoms with E-state index in [2.05, 4.69) is 3.79 Å². The Balaban J connectivity index is 2.39. The van der Waals surface area contributed by atoms with Gasteiger partial charge < -0.3 is 7.58 Å². The zero-order chi connectivity index (χ0) is 19.9. The average molecular weight is 511 g/mol. The molecule has 0 spiro atoms. The Morgan fingerprint density at radius 1 is 0.500 bits per heavy atom. The average Bonchev–Trinajstić information content (AvgIpc) is 2.62. The Kier molecular flexibility index (Phi) is 7.31. The highest BCUT2D eigenvalue weighted by atomic mass is 35.6. The van der Waals surface area contributed by atoms with Gasteiger partial charge >= 0.3 is 13.9 Å². The van der Waals surface area contributed by atoms with Gasteiger partial charge in [0.2, 0.25) is 29.1 Å². The maximum absolute atomic E-state index is 13.6. The molecule has 2 rings (SSSR count). The van der Waals surface area contributed by atoms with E-state index in [1.54, 1.807) is 0 Å². The van der Waals surface area contributed by atoms with E-state index in [1.807, 2.05) is 0 Å². The van der Waals surface area contributed by atoms with Crippen LogP contribution in [-0.2, 0) is 0 Å². The first kappa shape index (κ1) is 22.3. The van der Waals surface area contributed by atoms with Crippen molar-refractivity contribution >= 4 is 81.9 Å². The monoisotopic (exact) mass is 508 g/mol. The molecule has 0 heterocycles. The zero-order valence-electron chi connectivity index (χ0n) is 11.6. The van der Waals surface area contributed by atoms with Gasteiger partial charge in [0.25, 0.3) is 0 Å². The quantitative estimate of drug-likeness (QED) is 0.185. The fourth-order valence-electron chi connectivity index (χ4n) is 1.59. The van der Waals surface area contributed by atoms with Gasteiger partial charge in [0, 0.05) is 0 Å². The Labute approximate surface area is 176 Å². The number of hydrogen-bond donors (Lipinski definition) is 0. The minimum atomic E-state index is -3.67. The van der Waals surface area contributed by atoms with Crippen LogP contribution in [0.15, 0.2) is 0 Å². The predicted octanol–water partition coefficient (Wildman–Crippen LogP) is 7.33. The molecular formula is C12AlCl6F5O2. The molecule has 2 nitrogen and oxygen atoms in total. The lowest BCUT2D eigenvalue weighted by molar-refractivity contribution is 0.337. The Hall–Kier alpha value is -0.0375. The van der Waals surface area contributed by atoms with Gasteiger partial charge in [0.15, 0.2) is 5.75 Å². The predicted molar refractivity (Wildman–Crippen MR) is 90.6 cm³/mol. The van der Waals surface area contributed by atoms with Crippen LogP contribution in [0.1, 0.15) is 0 Å². The van der Waals surface area contributed by atoms with E-state index in [4.69, 9.17) is 71.8 Å². The number of halogens is 11. The highest BCUT2D eigenvalue weighted by molar-refractivity contribution is 7.00. The van der Waals surface area contributed by atoms with Gasteiger partial charge in [-0.1, -0.05) is 58.0 Å². The van der Waals surface area contributed by atoms with Gasteiger partial charge in [0.1, 0.15) is 15.8 Å². The second-order valence-electron chi connectivity index (χ2n) is 4.31. The maximum Gasteiger partial charge on any atom is 0.999 e. The minimum absolute atomic E-state index is 0.204. The van der Waals surface area contributed by atoms with Crippen LogP contribution in [0, 0.1) is 29.1 Å². The first-order chi connectivity index (χ1) is 12.0. The molecule has 0 amide bonds. The molecule has 14 heteroatoms. The molecule has 0 saturated carbocycles. The highest BCUT2D eigenvalue weighted by Crippen LogP contribution is 2.48. The van der Waals surface area contributed by atoms with Crippen LogP contribution < -0.4 is 7.58 Å². The van der Waals surface area contributed by atoms with Crippen molar-refractivity contribution in [3.05, 3.63) is 54.2 Å². The lowest BCUT2D eigenvalue weighted by Crippen LogP contribution is -2.25. The number of benzene rings is 2. The molecule has 0 fully saturated rings. The Morgan fingerprint density at radius 3 is 1.23 bits per heavy atom. The molecule has 0 bridgehead atoms. The lowest BCUT2D eigenvalue weighted by Gasteiger charge is -2.17. The van der Waals surface area contributed by atoms with Crippen LogP contribution in [0.2, 0.25) is 25.1 Å². The molecule has 0 N–H and O–H groups in total. The standard InChI is InChI=1S/C6HCl5O.C6HF5O.Al.ClH/c2*7-1-2(8)4(10)6(12)5(11)3(1)9;;/h2*12H;;1H/q;;+3;/p-3. The molecule has 0 aliphatic rings. The molecule has 0 radical (unpaired) electrons. The first-order valence-electron chi connectivity index (χ1n) is 5.99. The molecule has 2 aromatic carbocycles. The summed E-state index contributed by atoms with van der Waals surface area (Å²) in [4.78, 5) is 0. The van der Waals surface area contributed by atoms with E-state index in [9.17, 15) is 22.0 Å². The van der Waals surface area contributed by atoms with Crippen LogP contribution in [0.25, 0.3) is 0 Å². The van der Waals surface area contributed by atoms with Crippen LogP contribution in [0.3, 0.4) is 0 Å². The summed E-state index contributed by atoms with van der Waals surface area (Å²) in [6.45, 7) is 0. The minimum Gasteiger partial charge on any atom is -0.597 e. The third-order valence-electron chi connectivity index (χ3n) is 2.76. The third kappa shape index (κ3) is 4.03. The van der Waals surface area contributed by atoms with Crippen molar-refractivity contribution in [1.82, 2.24) is 0 Å². The van der Waals surface area contributed by atoms with E-state index in [-0.39, 0.29) is 25.1 Å². The molecule has 0 aliphatic heterocycles. The lowest BCUT2D eigenvalue weighted by atomic mass is 10.3. The second kappa shape index (κ2) is 8.54. The molecular weight excluding hydrogens is 511 g/mol. The van der Waals surface area contributed by atoms with E-state index in [0.29, 0.717) is 0 Å². The fourth-order valence-corrected chi connectivity index (χ4v) is 4.34. The molecule has 0 atom stereocenters. The van der Waals surface area contributed by atoms with Gasteiger partial charge in [-0.25, -0.2) is 13.2 Å². The zero-order valence-corrected chi connectivity index (χ0v) is 17.2. The van der Waals surface area contributed by atoms with Crippen molar-refractivity contribution in [2.24, 2.45) is 0 Å². The van der Waals surface area contributed by atoms with E-state index < -0.39 is 54.5 Å². The summed E-state index contributed by atoms with van der Waals surface area (Å²) in [5, 5.41) is -1.46. The summed E-state index contributed by atoms with van der Waals surface area (Å²) < 4.78 is 76.1. The van der Waals surface area contributed by atoms with E-state index in [1.165, 1.54) is 0 Å². The summed E-state index contributed by atoms with van der Waals surface area (Å²) in [6, 6.07) is 0. The second-order valence-corrected chi connectivity index (χ2v) is 8.29. The van der Waals surface area contributed by atoms with Crippen molar-refractivity contribution in [2.75, 3.05) is 0 Å². The Morgan fingerprint density at radius 2 is 0.808 bits per heavy atom. The van der Waals surface area contributed by atoms with Crippen molar-refractivity contribution in [3.8, 4) is 11.5 Å². The van der Waals surface area contributed by atoms with Crippen LogP contribution in [0.4, 0.5) is 22.0 Å². The summed E-state index contributed by atoms with van der Waals surface area (Å²) in [5.74, 6) is -13.3. The molecule has 2 aromatic rings. The van der Waals surface area contributed by atoms with Crippen molar-refractivity contribution in [3.63, 3.8) is 0 Å². The van der Waals surface area contributed by atoms with Gasteiger partial charge in [-0.05, 0) is 0 Å². The van der Waals surface area contributed by atoms with Crippen molar-refractivity contribution in [2.45, 2.75) is 0 Å². The molecule has 0 aromatic heterocycles. The number of hydrogen-bond acceptors (Lipinski definition) is 2. The Bertz CT molecular complexity index is 770. The summed E-state index contributed by atoms with van der Waals surface area (Å²) in [6.07, 6.45) is 0. The van der Waals surface area contributed by atoms with Gasteiger partial charge in [-0.2, -0.15) is 18.8 Å². The van der Waals surface area contributed by atoms with Crippen LogP contribution in [-0.4, -0.2) is 13.9 Å². The van der Waals surface area contributed by atoms with Gasteiger partial charge in [0.05, 0.1) is 15.1 Å². The highest BCUT2D eigenvalue weighted by Gasteiger charge is 2.38. The number of rotatable bonds is 4. The molecule has 26 heavy (non-hydrogen) atoms. The third-order valence-corrected chi connectivity index (χ3v) is 6.38. The van der Waals surface area contributed by atoms with Crippen molar-refractivity contribution < 1.29 is 29.5 Å². The fraction of sp³-hybridized carbons (Fsp3) is 0. The largest absolute Gasteiger partial charge is 0.999 e. The van der Waals surface area contributed by atoms with Gasteiger partial charge in [-0.15, -0.1) is 0 Å². The SMILES string of the molecule is Fc1c(F)c(F)c([O][Al]([Cl])[O]c2c(Cl)c(Cl)c(Cl)c(Cl)c2Cl)c(F)c1F. The van der Waals surface area contributed by atoms with Crippen LogP contribution >= 0.6 is 68.1 Å². The molecule has 140 valence electrons. The van der Waals surface area contributed by atoms with Crippen molar-refractivity contribution in [1.29, 1.82) is 0 Å². The summed E-state index contributed by atoms with van der Waals surface area (Å²) in [5.41, 5.74) is 0. The maximum atomic E-state index is 13.6.